The second-order valence-electron chi connectivity index (χ2n) is 8.13. The normalized spacial score (nSPS) is 15.1. The quantitative estimate of drug-likeness (QED) is 0.636. The lowest BCUT2D eigenvalue weighted by Crippen LogP contribution is -2.30. The van der Waals surface area contributed by atoms with Crippen LogP contribution in [0.2, 0.25) is 0 Å². The molecule has 5 rings (SSSR count). The minimum atomic E-state index is -0.231. The van der Waals surface area contributed by atoms with Crippen LogP contribution >= 0.6 is 11.3 Å². The number of aromatic hydroxyl groups is 1. The van der Waals surface area contributed by atoms with Crippen molar-refractivity contribution in [3.8, 4) is 17.0 Å². The van der Waals surface area contributed by atoms with Crippen molar-refractivity contribution >= 4 is 28.8 Å². The van der Waals surface area contributed by atoms with Crippen LogP contribution in [-0.2, 0) is 17.8 Å². The lowest BCUT2D eigenvalue weighted by molar-refractivity contribution is -0.119. The fraction of sp³-hybridized carbons (Fsp3) is 0.292. The largest absolute Gasteiger partial charge is 0.508 e. The van der Waals surface area contributed by atoms with Gasteiger partial charge in [0.2, 0.25) is 5.91 Å². The standard InChI is InChI=1S/C24H23N3O3S/c1-14-21(26-23(31-14)22(29)25-13-15-3-2-4-19(28)11-15)18-7-8-20-17(12-18)9-10-27(20)24(30)16-5-6-16/h2-4,7-8,11-12,16,28H,5-6,9-10,13H2,1H3,(H,25,29). The zero-order valence-corrected chi connectivity index (χ0v) is 18.0. The third-order valence-electron chi connectivity index (χ3n) is 5.80. The Labute approximate surface area is 184 Å². The number of fused-ring (bicyclic) bond motifs is 1. The highest BCUT2D eigenvalue weighted by atomic mass is 32.1. The Balaban J connectivity index is 1.32. The highest BCUT2D eigenvalue weighted by molar-refractivity contribution is 7.14. The summed E-state index contributed by atoms with van der Waals surface area (Å²) in [7, 11) is 0. The Morgan fingerprint density at radius 2 is 2.06 bits per heavy atom. The number of hydrogen-bond acceptors (Lipinski definition) is 5. The number of aromatic nitrogens is 1. The molecule has 2 aliphatic rings. The van der Waals surface area contributed by atoms with Crippen molar-refractivity contribution in [1.29, 1.82) is 0 Å². The smallest absolute Gasteiger partial charge is 0.280 e. The molecule has 31 heavy (non-hydrogen) atoms. The van der Waals surface area contributed by atoms with Gasteiger partial charge in [0.1, 0.15) is 5.75 Å². The van der Waals surface area contributed by atoms with E-state index in [4.69, 9.17) is 0 Å². The van der Waals surface area contributed by atoms with Crippen LogP contribution in [0.25, 0.3) is 11.3 Å². The zero-order valence-electron chi connectivity index (χ0n) is 17.2. The SMILES string of the molecule is Cc1sc(C(=O)NCc2cccc(O)c2)nc1-c1ccc2c(c1)CCN2C(=O)C1CC1. The first-order valence-electron chi connectivity index (χ1n) is 10.5. The fourth-order valence-corrected chi connectivity index (χ4v) is 4.87. The van der Waals surface area contributed by atoms with Gasteiger partial charge in [-0.05, 0) is 61.6 Å². The first-order valence-corrected chi connectivity index (χ1v) is 11.3. The minimum Gasteiger partial charge on any atom is -0.508 e. The van der Waals surface area contributed by atoms with Gasteiger partial charge in [-0.1, -0.05) is 18.2 Å². The summed E-state index contributed by atoms with van der Waals surface area (Å²) in [6.07, 6.45) is 2.87. The molecular formula is C24H23N3O3S. The Morgan fingerprint density at radius 1 is 1.23 bits per heavy atom. The van der Waals surface area contributed by atoms with Crippen LogP contribution in [0.1, 0.15) is 38.6 Å². The van der Waals surface area contributed by atoms with Gasteiger partial charge in [0.15, 0.2) is 5.01 Å². The van der Waals surface area contributed by atoms with Gasteiger partial charge >= 0.3 is 0 Å². The number of carbonyl (C=O) groups excluding carboxylic acids is 2. The van der Waals surface area contributed by atoms with Crippen LogP contribution in [0.3, 0.4) is 0 Å². The first kappa shape index (κ1) is 19.8. The van der Waals surface area contributed by atoms with E-state index in [1.165, 1.54) is 11.3 Å². The average molecular weight is 434 g/mol. The molecule has 0 atom stereocenters. The van der Waals surface area contributed by atoms with Crippen LogP contribution in [0.5, 0.6) is 5.75 Å². The maximum atomic E-state index is 12.6. The maximum Gasteiger partial charge on any atom is 0.280 e. The molecule has 0 unspecified atom stereocenters. The van der Waals surface area contributed by atoms with Crippen molar-refractivity contribution in [3.05, 3.63) is 63.5 Å². The monoisotopic (exact) mass is 433 g/mol. The second-order valence-corrected chi connectivity index (χ2v) is 9.34. The van der Waals surface area contributed by atoms with E-state index in [2.05, 4.69) is 16.4 Å². The van der Waals surface area contributed by atoms with Crippen molar-refractivity contribution in [2.75, 3.05) is 11.4 Å². The Hall–Kier alpha value is -3.19. The second kappa shape index (κ2) is 7.81. The number of rotatable bonds is 5. The molecule has 1 saturated carbocycles. The number of nitrogens with one attached hydrogen (secondary N) is 1. The van der Waals surface area contributed by atoms with Gasteiger partial charge < -0.3 is 15.3 Å². The molecule has 7 heteroatoms. The van der Waals surface area contributed by atoms with Crippen molar-refractivity contribution in [2.45, 2.75) is 32.7 Å². The van der Waals surface area contributed by atoms with Crippen LogP contribution in [-0.4, -0.2) is 28.4 Å². The van der Waals surface area contributed by atoms with E-state index in [1.807, 2.05) is 30.0 Å². The molecule has 0 bridgehead atoms. The highest BCUT2D eigenvalue weighted by Crippen LogP contribution is 2.38. The number of nitrogens with zero attached hydrogens (tertiary/aromatic N) is 2. The minimum absolute atomic E-state index is 0.174. The van der Waals surface area contributed by atoms with Gasteiger partial charge in [-0.25, -0.2) is 4.98 Å². The van der Waals surface area contributed by atoms with Crippen molar-refractivity contribution in [1.82, 2.24) is 10.3 Å². The molecule has 158 valence electrons. The number of phenolic OH excluding ortho intramolecular Hbond substituents is 1. The van der Waals surface area contributed by atoms with Crippen molar-refractivity contribution < 1.29 is 14.7 Å². The molecule has 3 aromatic rings. The molecule has 2 amide bonds. The number of amides is 2. The lowest BCUT2D eigenvalue weighted by atomic mass is 10.1. The number of hydrogen-bond donors (Lipinski definition) is 2. The molecule has 2 aromatic carbocycles. The van der Waals surface area contributed by atoms with E-state index in [1.54, 1.807) is 18.2 Å². The van der Waals surface area contributed by atoms with Gasteiger partial charge in [0, 0.05) is 35.1 Å². The molecule has 1 aromatic heterocycles. The third-order valence-corrected chi connectivity index (χ3v) is 6.77. The van der Waals surface area contributed by atoms with Gasteiger partial charge in [0.05, 0.1) is 5.69 Å². The molecule has 1 aliphatic heterocycles. The molecule has 2 N–H and O–H groups in total. The van der Waals surface area contributed by atoms with Gasteiger partial charge in [0.25, 0.3) is 5.91 Å². The van der Waals surface area contributed by atoms with E-state index >= 15 is 0 Å². The van der Waals surface area contributed by atoms with Gasteiger partial charge in [-0.2, -0.15) is 0 Å². The summed E-state index contributed by atoms with van der Waals surface area (Å²) in [5, 5.41) is 12.8. The Kier molecular flexibility index (Phi) is 4.98. The highest BCUT2D eigenvalue weighted by Gasteiger charge is 2.36. The van der Waals surface area contributed by atoms with Crippen molar-refractivity contribution in [3.63, 3.8) is 0 Å². The summed E-state index contributed by atoms with van der Waals surface area (Å²) in [6.45, 7) is 3.03. The summed E-state index contributed by atoms with van der Waals surface area (Å²) in [5.41, 5.74) is 4.78. The van der Waals surface area contributed by atoms with Gasteiger partial charge in [-0.3, -0.25) is 9.59 Å². The van der Waals surface area contributed by atoms with E-state index in [-0.39, 0.29) is 23.5 Å². The first-order chi connectivity index (χ1) is 15.0. The third kappa shape index (κ3) is 3.93. The number of anilines is 1. The van der Waals surface area contributed by atoms with Gasteiger partial charge in [-0.15, -0.1) is 11.3 Å². The molecule has 1 fully saturated rings. The molecule has 1 aliphatic carbocycles. The summed E-state index contributed by atoms with van der Waals surface area (Å²) in [4.78, 5) is 32.6. The number of carbonyl (C=O) groups is 2. The number of aryl methyl sites for hydroxylation is 1. The van der Waals surface area contributed by atoms with E-state index in [0.717, 1.165) is 58.8 Å². The fourth-order valence-electron chi connectivity index (χ4n) is 4.01. The summed E-state index contributed by atoms with van der Waals surface area (Å²) >= 11 is 1.37. The summed E-state index contributed by atoms with van der Waals surface area (Å²) in [6, 6.07) is 12.9. The molecule has 0 radical (unpaired) electrons. The van der Waals surface area contributed by atoms with E-state index in [9.17, 15) is 14.7 Å². The summed E-state index contributed by atoms with van der Waals surface area (Å²) < 4.78 is 0. The topological polar surface area (TPSA) is 82.5 Å². The molecule has 2 heterocycles. The average Bonchev–Trinajstić information content (AvgIpc) is 3.42. The van der Waals surface area contributed by atoms with E-state index in [0.29, 0.717) is 11.6 Å². The Bertz CT molecular complexity index is 1180. The van der Waals surface area contributed by atoms with Crippen molar-refractivity contribution in [2.24, 2.45) is 5.92 Å². The Morgan fingerprint density at radius 3 is 2.84 bits per heavy atom. The molecule has 0 saturated heterocycles. The van der Waals surface area contributed by atoms with Crippen LogP contribution in [0, 0.1) is 12.8 Å². The number of benzene rings is 2. The predicted octanol–water partition coefficient (Wildman–Crippen LogP) is 4.05. The van der Waals surface area contributed by atoms with Crippen LogP contribution in [0.15, 0.2) is 42.5 Å². The van der Waals surface area contributed by atoms with E-state index < -0.39 is 0 Å². The zero-order chi connectivity index (χ0) is 21.5. The molecule has 0 spiro atoms. The lowest BCUT2D eigenvalue weighted by Gasteiger charge is -2.17. The predicted molar refractivity (Wildman–Crippen MR) is 120 cm³/mol. The number of thiazole rings is 1. The molecule has 6 nitrogen and oxygen atoms in total. The maximum absolute atomic E-state index is 12.6. The van der Waals surface area contributed by atoms with Crippen LogP contribution in [0.4, 0.5) is 5.69 Å². The van der Waals surface area contributed by atoms with Crippen LogP contribution < -0.4 is 10.2 Å². The summed E-state index contributed by atoms with van der Waals surface area (Å²) in [5.74, 6) is 0.410. The number of phenols is 1. The molecular weight excluding hydrogens is 410 g/mol.